The van der Waals surface area contributed by atoms with Crippen LogP contribution >= 0.6 is 12.4 Å². The maximum Gasteiger partial charge on any atom is 0.0233 e. The zero-order valence-corrected chi connectivity index (χ0v) is 12.3. The highest BCUT2D eigenvalue weighted by molar-refractivity contribution is 5.85. The summed E-state index contributed by atoms with van der Waals surface area (Å²) in [6.45, 7) is 5.60. The SMILES string of the molecule is Cc1cccc(CN(C)C2CCCNCC2)c1.Cl. The summed E-state index contributed by atoms with van der Waals surface area (Å²) in [5.74, 6) is 0. The topological polar surface area (TPSA) is 15.3 Å². The molecule has 1 atom stereocenters. The molecule has 1 saturated heterocycles. The van der Waals surface area contributed by atoms with Gasteiger partial charge in [-0.15, -0.1) is 12.4 Å². The van der Waals surface area contributed by atoms with Gasteiger partial charge in [-0.2, -0.15) is 0 Å². The quantitative estimate of drug-likeness (QED) is 0.907. The van der Waals surface area contributed by atoms with Crippen LogP contribution in [0.25, 0.3) is 0 Å². The third kappa shape index (κ3) is 4.60. The average molecular weight is 269 g/mol. The molecule has 1 aliphatic rings. The minimum absolute atomic E-state index is 0. The van der Waals surface area contributed by atoms with Crippen molar-refractivity contribution in [2.45, 2.75) is 38.8 Å². The van der Waals surface area contributed by atoms with Crippen LogP contribution in [-0.4, -0.2) is 31.1 Å². The molecule has 1 N–H and O–H groups in total. The van der Waals surface area contributed by atoms with Gasteiger partial charge in [-0.1, -0.05) is 29.8 Å². The highest BCUT2D eigenvalue weighted by Gasteiger charge is 2.16. The highest BCUT2D eigenvalue weighted by Crippen LogP contribution is 2.15. The molecule has 0 aromatic heterocycles. The molecular formula is C15H25ClN2. The fourth-order valence-corrected chi connectivity index (χ4v) is 2.67. The van der Waals surface area contributed by atoms with Gasteiger partial charge in [-0.05, 0) is 51.9 Å². The molecule has 1 aliphatic heterocycles. The lowest BCUT2D eigenvalue weighted by molar-refractivity contribution is 0.216. The normalized spacial score (nSPS) is 20.3. The van der Waals surface area contributed by atoms with E-state index in [0.29, 0.717) is 0 Å². The first-order valence-corrected chi connectivity index (χ1v) is 6.72. The lowest BCUT2D eigenvalue weighted by atomic mass is 10.1. The summed E-state index contributed by atoms with van der Waals surface area (Å²) in [5, 5.41) is 3.48. The number of nitrogens with one attached hydrogen (secondary N) is 1. The molecular weight excluding hydrogens is 244 g/mol. The largest absolute Gasteiger partial charge is 0.317 e. The smallest absolute Gasteiger partial charge is 0.0233 e. The van der Waals surface area contributed by atoms with E-state index in [-0.39, 0.29) is 12.4 Å². The molecule has 3 heteroatoms. The maximum absolute atomic E-state index is 3.48. The number of halogens is 1. The molecule has 1 heterocycles. The van der Waals surface area contributed by atoms with Gasteiger partial charge >= 0.3 is 0 Å². The number of hydrogen-bond acceptors (Lipinski definition) is 2. The Kier molecular flexibility index (Phi) is 6.69. The monoisotopic (exact) mass is 268 g/mol. The molecule has 2 rings (SSSR count). The molecule has 1 aromatic rings. The van der Waals surface area contributed by atoms with Gasteiger partial charge in [-0.3, -0.25) is 4.90 Å². The van der Waals surface area contributed by atoms with Gasteiger partial charge in [-0.25, -0.2) is 0 Å². The van der Waals surface area contributed by atoms with Crippen LogP contribution in [0.1, 0.15) is 30.4 Å². The van der Waals surface area contributed by atoms with Crippen LogP contribution in [0.4, 0.5) is 0 Å². The average Bonchev–Trinajstić information content (AvgIpc) is 2.57. The summed E-state index contributed by atoms with van der Waals surface area (Å²) >= 11 is 0. The maximum atomic E-state index is 3.48. The van der Waals surface area contributed by atoms with Crippen LogP contribution in [0.3, 0.4) is 0 Å². The second-order valence-corrected chi connectivity index (χ2v) is 5.24. The van der Waals surface area contributed by atoms with E-state index in [4.69, 9.17) is 0 Å². The Labute approximate surface area is 117 Å². The number of rotatable bonds is 3. The third-order valence-electron chi connectivity index (χ3n) is 3.68. The van der Waals surface area contributed by atoms with Crippen molar-refractivity contribution in [3.05, 3.63) is 35.4 Å². The molecule has 0 amide bonds. The number of aryl methyl sites for hydroxylation is 1. The van der Waals surface area contributed by atoms with Gasteiger partial charge in [0.1, 0.15) is 0 Å². The van der Waals surface area contributed by atoms with Crippen LogP contribution < -0.4 is 5.32 Å². The Morgan fingerprint density at radius 1 is 1.28 bits per heavy atom. The van der Waals surface area contributed by atoms with Crippen LogP contribution in [0, 0.1) is 6.92 Å². The zero-order chi connectivity index (χ0) is 12.1. The van der Waals surface area contributed by atoms with Gasteiger partial charge in [0.25, 0.3) is 0 Å². The highest BCUT2D eigenvalue weighted by atomic mass is 35.5. The number of nitrogens with zero attached hydrogens (tertiary/aromatic N) is 1. The Balaban J connectivity index is 0.00000162. The molecule has 0 radical (unpaired) electrons. The van der Waals surface area contributed by atoms with E-state index in [1.54, 1.807) is 0 Å². The van der Waals surface area contributed by atoms with Gasteiger partial charge in [0.2, 0.25) is 0 Å². The van der Waals surface area contributed by atoms with Crippen molar-refractivity contribution in [2.24, 2.45) is 0 Å². The van der Waals surface area contributed by atoms with E-state index in [1.165, 1.54) is 43.5 Å². The second-order valence-electron chi connectivity index (χ2n) is 5.24. The van der Waals surface area contributed by atoms with Crippen molar-refractivity contribution in [1.82, 2.24) is 10.2 Å². The number of benzene rings is 1. The van der Waals surface area contributed by atoms with Crippen molar-refractivity contribution in [3.63, 3.8) is 0 Å². The van der Waals surface area contributed by atoms with Crippen molar-refractivity contribution in [1.29, 1.82) is 0 Å². The molecule has 18 heavy (non-hydrogen) atoms. The van der Waals surface area contributed by atoms with Gasteiger partial charge < -0.3 is 5.32 Å². The first-order valence-electron chi connectivity index (χ1n) is 6.72. The van der Waals surface area contributed by atoms with Gasteiger partial charge in [0.05, 0.1) is 0 Å². The van der Waals surface area contributed by atoms with Crippen LogP contribution in [-0.2, 0) is 6.54 Å². The minimum Gasteiger partial charge on any atom is -0.317 e. The Bertz CT molecular complexity index is 346. The van der Waals surface area contributed by atoms with Crippen LogP contribution in [0.2, 0.25) is 0 Å². The fourth-order valence-electron chi connectivity index (χ4n) is 2.67. The molecule has 102 valence electrons. The lowest BCUT2D eigenvalue weighted by Gasteiger charge is -2.27. The Hall–Kier alpha value is -0.570. The second kappa shape index (κ2) is 7.78. The standard InChI is InChI=1S/C15H24N2.ClH/c1-13-5-3-6-14(11-13)12-17(2)15-7-4-9-16-10-8-15;/h3,5-6,11,15-16H,4,7-10,12H2,1-2H3;1H. The van der Waals surface area contributed by atoms with E-state index < -0.39 is 0 Å². The fraction of sp³-hybridized carbons (Fsp3) is 0.600. The van der Waals surface area contributed by atoms with Gasteiger partial charge in [0, 0.05) is 12.6 Å². The van der Waals surface area contributed by atoms with Crippen molar-refractivity contribution in [2.75, 3.05) is 20.1 Å². The van der Waals surface area contributed by atoms with Crippen molar-refractivity contribution >= 4 is 12.4 Å². The molecule has 1 fully saturated rings. The summed E-state index contributed by atoms with van der Waals surface area (Å²) in [6.07, 6.45) is 3.92. The third-order valence-corrected chi connectivity index (χ3v) is 3.68. The summed E-state index contributed by atoms with van der Waals surface area (Å²) in [4.78, 5) is 2.52. The van der Waals surface area contributed by atoms with Gasteiger partial charge in [0.15, 0.2) is 0 Å². The number of hydrogen-bond donors (Lipinski definition) is 1. The first-order chi connectivity index (χ1) is 8.25. The zero-order valence-electron chi connectivity index (χ0n) is 11.5. The lowest BCUT2D eigenvalue weighted by Crippen LogP contribution is -2.32. The Morgan fingerprint density at radius 2 is 2.11 bits per heavy atom. The van der Waals surface area contributed by atoms with Crippen molar-refractivity contribution in [3.8, 4) is 0 Å². The van der Waals surface area contributed by atoms with E-state index in [2.05, 4.69) is 48.5 Å². The van der Waals surface area contributed by atoms with E-state index >= 15 is 0 Å². The van der Waals surface area contributed by atoms with Crippen molar-refractivity contribution < 1.29 is 0 Å². The molecule has 1 aromatic carbocycles. The van der Waals surface area contributed by atoms with E-state index in [0.717, 1.165) is 12.6 Å². The summed E-state index contributed by atoms with van der Waals surface area (Å²) in [7, 11) is 2.26. The summed E-state index contributed by atoms with van der Waals surface area (Å²) in [6, 6.07) is 9.60. The minimum atomic E-state index is 0. The predicted octanol–water partition coefficient (Wildman–Crippen LogP) is 2.99. The van der Waals surface area contributed by atoms with Crippen LogP contribution in [0.15, 0.2) is 24.3 Å². The molecule has 0 spiro atoms. The van der Waals surface area contributed by atoms with E-state index in [1.807, 2.05) is 0 Å². The summed E-state index contributed by atoms with van der Waals surface area (Å²) < 4.78 is 0. The first kappa shape index (κ1) is 15.5. The molecule has 1 unspecified atom stereocenters. The predicted molar refractivity (Wildman–Crippen MR) is 80.4 cm³/mol. The Morgan fingerprint density at radius 3 is 2.89 bits per heavy atom. The van der Waals surface area contributed by atoms with Crippen LogP contribution in [0.5, 0.6) is 0 Å². The molecule has 0 bridgehead atoms. The summed E-state index contributed by atoms with van der Waals surface area (Å²) in [5.41, 5.74) is 2.79. The molecule has 0 saturated carbocycles. The molecule has 0 aliphatic carbocycles. The molecule has 2 nitrogen and oxygen atoms in total. The van der Waals surface area contributed by atoms with E-state index in [9.17, 15) is 0 Å².